The first kappa shape index (κ1) is 16.6. The summed E-state index contributed by atoms with van der Waals surface area (Å²) in [6.07, 6.45) is 4.53. The normalized spacial score (nSPS) is 24.1. The third-order valence-electron chi connectivity index (χ3n) is 5.86. The van der Waals surface area contributed by atoms with Crippen LogP contribution in [0, 0.1) is 6.92 Å². The summed E-state index contributed by atoms with van der Waals surface area (Å²) >= 11 is 0. The van der Waals surface area contributed by atoms with Crippen LogP contribution in [0.4, 0.5) is 5.69 Å². The number of fused-ring (bicyclic) bond motifs is 1. The Labute approximate surface area is 159 Å². The number of hydrogen-bond acceptors (Lipinski definition) is 4. The van der Waals surface area contributed by atoms with Gasteiger partial charge in [-0.1, -0.05) is 29.8 Å². The van der Waals surface area contributed by atoms with Gasteiger partial charge in [-0.3, -0.25) is 4.58 Å². The first-order chi connectivity index (χ1) is 13.1. The molecule has 0 spiro atoms. The quantitative estimate of drug-likeness (QED) is 0.829. The van der Waals surface area contributed by atoms with Gasteiger partial charge < -0.3 is 14.6 Å². The molecule has 2 aromatic rings. The number of aryl methyl sites for hydroxylation is 1. The molecule has 5 nitrogen and oxygen atoms in total. The summed E-state index contributed by atoms with van der Waals surface area (Å²) in [7, 11) is 0. The third kappa shape index (κ3) is 2.69. The topological polar surface area (TPSA) is 44.9 Å². The summed E-state index contributed by atoms with van der Waals surface area (Å²) in [6.45, 7) is 3.90. The van der Waals surface area contributed by atoms with Gasteiger partial charge in [-0.15, -0.1) is 0 Å². The van der Waals surface area contributed by atoms with Crippen LogP contribution < -0.4 is 14.4 Å². The Hall–Kier alpha value is -2.53. The summed E-state index contributed by atoms with van der Waals surface area (Å²) in [4.78, 5) is 2.12. The fraction of sp³-hybridized carbons (Fsp3) is 0.409. The molecule has 0 saturated carbocycles. The average molecular weight is 365 g/mol. The smallest absolute Gasteiger partial charge is 0.275 e. The molecule has 2 aromatic carbocycles. The largest absolute Gasteiger partial charge is 0.454 e. The van der Waals surface area contributed by atoms with E-state index in [-0.39, 0.29) is 6.79 Å². The van der Waals surface area contributed by atoms with E-state index < -0.39 is 5.72 Å². The third-order valence-corrected chi connectivity index (χ3v) is 5.86. The van der Waals surface area contributed by atoms with Crippen molar-refractivity contribution >= 4 is 11.5 Å². The Bertz CT molecular complexity index is 906. The lowest BCUT2D eigenvalue weighted by Crippen LogP contribution is -2.47. The lowest BCUT2D eigenvalue weighted by atomic mass is 9.98. The van der Waals surface area contributed by atoms with E-state index in [2.05, 4.69) is 28.5 Å². The van der Waals surface area contributed by atoms with Crippen molar-refractivity contribution in [3.63, 3.8) is 0 Å². The minimum Gasteiger partial charge on any atom is -0.454 e. The van der Waals surface area contributed by atoms with Gasteiger partial charge in [0.15, 0.2) is 18.0 Å². The van der Waals surface area contributed by atoms with Crippen LogP contribution in [0.5, 0.6) is 11.5 Å². The van der Waals surface area contributed by atoms with E-state index in [4.69, 9.17) is 9.47 Å². The standard InChI is InChI=1S/C22H25N2O3/c1-16-6-8-17(9-7-16)22(25)14-23-12-4-2-3-5-21(23)24(22)18-10-11-19-20(13-18)27-15-26-19/h6-11,13,25H,2-5,12,14-15H2,1H3/q+1/t22-/m0/s1. The number of anilines is 1. The molecule has 0 bridgehead atoms. The maximum atomic E-state index is 11.9. The van der Waals surface area contributed by atoms with E-state index in [1.165, 1.54) is 24.2 Å². The second kappa shape index (κ2) is 6.27. The van der Waals surface area contributed by atoms with Crippen LogP contribution in [0.2, 0.25) is 0 Å². The molecule has 0 fully saturated rings. The number of hydrogen-bond donors (Lipinski definition) is 1. The summed E-state index contributed by atoms with van der Waals surface area (Å²) in [5, 5.41) is 11.9. The zero-order valence-corrected chi connectivity index (χ0v) is 15.6. The molecule has 0 unspecified atom stereocenters. The van der Waals surface area contributed by atoms with Crippen LogP contribution in [-0.4, -0.2) is 35.4 Å². The Kier molecular flexibility index (Phi) is 3.86. The van der Waals surface area contributed by atoms with Crippen molar-refractivity contribution in [3.05, 3.63) is 53.6 Å². The van der Waals surface area contributed by atoms with E-state index in [0.29, 0.717) is 6.54 Å². The van der Waals surface area contributed by atoms with Crippen molar-refractivity contribution in [2.75, 3.05) is 24.8 Å². The number of ether oxygens (including phenoxy) is 2. The van der Waals surface area contributed by atoms with Crippen LogP contribution in [0.25, 0.3) is 0 Å². The Balaban J connectivity index is 1.63. The van der Waals surface area contributed by atoms with E-state index in [1.54, 1.807) is 0 Å². The van der Waals surface area contributed by atoms with Gasteiger partial charge in [0.05, 0.1) is 6.54 Å². The van der Waals surface area contributed by atoms with E-state index in [0.717, 1.165) is 42.1 Å². The van der Waals surface area contributed by atoms with Crippen molar-refractivity contribution in [2.45, 2.75) is 38.3 Å². The molecule has 0 aliphatic carbocycles. The molecule has 0 saturated heterocycles. The summed E-state index contributed by atoms with van der Waals surface area (Å²) in [5.74, 6) is 2.71. The maximum Gasteiger partial charge on any atom is 0.275 e. The second-order valence-electron chi connectivity index (χ2n) is 7.70. The van der Waals surface area contributed by atoms with Gasteiger partial charge in [0.25, 0.3) is 11.6 Å². The van der Waals surface area contributed by atoms with Gasteiger partial charge in [-0.2, -0.15) is 4.90 Å². The molecule has 27 heavy (non-hydrogen) atoms. The fourth-order valence-electron chi connectivity index (χ4n) is 4.45. The predicted octanol–water partition coefficient (Wildman–Crippen LogP) is 3.37. The number of benzene rings is 2. The molecule has 3 aliphatic heterocycles. The number of nitrogens with zero attached hydrogens (tertiary/aromatic N) is 2. The molecule has 0 radical (unpaired) electrons. The van der Waals surface area contributed by atoms with Gasteiger partial charge >= 0.3 is 0 Å². The molecule has 3 aliphatic rings. The van der Waals surface area contributed by atoms with Gasteiger partial charge in [0.2, 0.25) is 6.79 Å². The van der Waals surface area contributed by atoms with Crippen LogP contribution in [0.1, 0.15) is 36.8 Å². The minimum atomic E-state index is -1.09. The van der Waals surface area contributed by atoms with Crippen molar-refractivity contribution in [1.29, 1.82) is 0 Å². The Morgan fingerprint density at radius 1 is 1.00 bits per heavy atom. The summed E-state index contributed by atoms with van der Waals surface area (Å²) < 4.78 is 13.4. The van der Waals surface area contributed by atoms with Crippen LogP contribution in [0.3, 0.4) is 0 Å². The molecule has 140 valence electrons. The summed E-state index contributed by atoms with van der Waals surface area (Å²) in [5.41, 5.74) is 1.97. The average Bonchev–Trinajstić information content (AvgIpc) is 3.17. The van der Waals surface area contributed by atoms with Crippen molar-refractivity contribution in [1.82, 2.24) is 0 Å². The van der Waals surface area contributed by atoms with Gasteiger partial charge in [0.1, 0.15) is 5.69 Å². The molecule has 3 heterocycles. The number of aliphatic hydroxyl groups is 1. The maximum absolute atomic E-state index is 11.9. The highest BCUT2D eigenvalue weighted by Gasteiger charge is 2.54. The predicted molar refractivity (Wildman–Crippen MR) is 104 cm³/mol. The first-order valence-corrected chi connectivity index (χ1v) is 9.75. The van der Waals surface area contributed by atoms with Gasteiger partial charge in [-0.05, 0) is 38.3 Å². The molecule has 1 N–H and O–H groups in total. The molecule has 5 rings (SSSR count). The monoisotopic (exact) mass is 365 g/mol. The van der Waals surface area contributed by atoms with Crippen LogP contribution >= 0.6 is 0 Å². The molecular weight excluding hydrogens is 340 g/mol. The lowest BCUT2D eigenvalue weighted by molar-refractivity contribution is -0.534. The number of rotatable bonds is 2. The van der Waals surface area contributed by atoms with Crippen LogP contribution in [-0.2, 0) is 5.72 Å². The molecule has 0 amide bonds. The van der Waals surface area contributed by atoms with Crippen molar-refractivity contribution in [3.8, 4) is 11.5 Å². The van der Waals surface area contributed by atoms with E-state index in [9.17, 15) is 5.11 Å². The molecule has 0 aromatic heterocycles. The first-order valence-electron chi connectivity index (χ1n) is 9.75. The highest BCUT2D eigenvalue weighted by Crippen LogP contribution is 2.42. The second-order valence-corrected chi connectivity index (χ2v) is 7.70. The van der Waals surface area contributed by atoms with Crippen LogP contribution in [0.15, 0.2) is 42.5 Å². The Morgan fingerprint density at radius 3 is 2.67 bits per heavy atom. The van der Waals surface area contributed by atoms with Crippen molar-refractivity contribution < 1.29 is 19.2 Å². The zero-order chi connectivity index (χ0) is 18.4. The van der Waals surface area contributed by atoms with E-state index >= 15 is 0 Å². The molecule has 5 heteroatoms. The Morgan fingerprint density at radius 2 is 1.81 bits per heavy atom. The molecule has 1 atom stereocenters. The van der Waals surface area contributed by atoms with E-state index in [1.807, 2.05) is 30.3 Å². The van der Waals surface area contributed by atoms with Gasteiger partial charge in [0, 0.05) is 18.1 Å². The minimum absolute atomic E-state index is 0.254. The zero-order valence-electron chi connectivity index (χ0n) is 15.6. The fourth-order valence-corrected chi connectivity index (χ4v) is 4.45. The highest BCUT2D eigenvalue weighted by molar-refractivity contribution is 5.97. The summed E-state index contributed by atoms with van der Waals surface area (Å²) in [6, 6.07) is 14.2. The SMILES string of the molecule is Cc1ccc([C@@]2(O)C[N+]3=C(CCCCC3)N2c2ccc3c(c2)OCO3)cc1. The lowest BCUT2D eigenvalue weighted by Gasteiger charge is -2.29. The number of amidine groups is 1. The molecular formula is C22H25N2O3+. The van der Waals surface area contributed by atoms with Gasteiger partial charge in [-0.25, -0.2) is 0 Å². The van der Waals surface area contributed by atoms with Crippen molar-refractivity contribution in [2.24, 2.45) is 0 Å². The highest BCUT2D eigenvalue weighted by atomic mass is 16.7.